The molecule has 1 N–H and O–H groups in total. The Morgan fingerprint density at radius 1 is 1.00 bits per heavy atom. The summed E-state index contributed by atoms with van der Waals surface area (Å²) in [6.07, 6.45) is 2.32. The van der Waals surface area contributed by atoms with E-state index in [1.54, 1.807) is 18.4 Å². The van der Waals surface area contributed by atoms with Crippen LogP contribution in [0.4, 0.5) is 5.69 Å². The second kappa shape index (κ2) is 6.17. The number of hydrogen-bond acceptors (Lipinski definition) is 3. The van der Waals surface area contributed by atoms with Gasteiger partial charge in [0.25, 0.3) is 0 Å². The van der Waals surface area contributed by atoms with Gasteiger partial charge in [-0.15, -0.1) is 0 Å². The predicted molar refractivity (Wildman–Crippen MR) is 104 cm³/mol. The van der Waals surface area contributed by atoms with Gasteiger partial charge in [0.1, 0.15) is 5.75 Å². The molecule has 4 rings (SSSR count). The number of methoxy groups -OCH3 is 1. The molecule has 0 atom stereocenters. The summed E-state index contributed by atoms with van der Waals surface area (Å²) in [6, 6.07) is 14.9. The topological polar surface area (TPSA) is 21.3 Å². The van der Waals surface area contributed by atoms with Gasteiger partial charge in [0, 0.05) is 23.4 Å². The molecule has 1 aliphatic rings. The molecule has 1 aliphatic heterocycles. The molecule has 3 heteroatoms. The molecule has 0 aliphatic carbocycles. The third kappa shape index (κ3) is 2.61. The third-order valence-corrected chi connectivity index (χ3v) is 5.21. The van der Waals surface area contributed by atoms with Gasteiger partial charge in [-0.3, -0.25) is 0 Å². The summed E-state index contributed by atoms with van der Waals surface area (Å²) in [5.74, 6) is 0.888. The highest BCUT2D eigenvalue weighted by atomic mass is 32.1. The van der Waals surface area contributed by atoms with E-state index < -0.39 is 0 Å². The average Bonchev–Trinajstić information content (AvgIpc) is 3.16. The number of hydrogen-bond donors (Lipinski definition) is 1. The van der Waals surface area contributed by atoms with Crippen LogP contribution >= 0.6 is 11.3 Å². The Bertz CT molecular complexity index is 892. The number of nitrogens with one attached hydrogen (secondary N) is 1. The van der Waals surface area contributed by atoms with Crippen LogP contribution in [0.15, 0.2) is 53.2 Å². The Morgan fingerprint density at radius 2 is 1.83 bits per heavy atom. The summed E-state index contributed by atoms with van der Waals surface area (Å²) in [4.78, 5) is 0. The largest absolute Gasteiger partial charge is 0.497 e. The zero-order chi connectivity index (χ0) is 16.5. The smallest absolute Gasteiger partial charge is 0.118 e. The van der Waals surface area contributed by atoms with Crippen LogP contribution in [0.3, 0.4) is 0 Å². The molecule has 0 bridgehead atoms. The maximum atomic E-state index is 5.25. The van der Waals surface area contributed by atoms with Gasteiger partial charge in [0.05, 0.1) is 7.11 Å². The van der Waals surface area contributed by atoms with Crippen molar-refractivity contribution >= 4 is 28.7 Å². The molecule has 0 unspecified atom stereocenters. The third-order valence-electron chi connectivity index (χ3n) is 4.53. The van der Waals surface area contributed by atoms with Crippen molar-refractivity contribution in [3.05, 3.63) is 69.9 Å². The molecule has 2 aromatic carbocycles. The van der Waals surface area contributed by atoms with Crippen LogP contribution in [0.25, 0.3) is 22.8 Å². The Kier molecular flexibility index (Phi) is 3.87. The van der Waals surface area contributed by atoms with Crippen LogP contribution in [-0.4, -0.2) is 13.7 Å². The van der Waals surface area contributed by atoms with Crippen molar-refractivity contribution in [1.29, 1.82) is 0 Å². The highest BCUT2D eigenvalue weighted by Crippen LogP contribution is 2.39. The van der Waals surface area contributed by atoms with Crippen molar-refractivity contribution in [3.8, 4) is 16.9 Å². The first-order valence-corrected chi connectivity index (χ1v) is 8.95. The lowest BCUT2D eigenvalue weighted by atomic mass is 9.92. The van der Waals surface area contributed by atoms with E-state index in [1.165, 1.54) is 39.1 Å². The van der Waals surface area contributed by atoms with Gasteiger partial charge in [0.15, 0.2) is 0 Å². The minimum absolute atomic E-state index is 0.833. The first-order valence-electron chi connectivity index (χ1n) is 8.01. The monoisotopic (exact) mass is 333 g/mol. The molecule has 0 amide bonds. The number of ether oxygens (including phenoxy) is 1. The average molecular weight is 333 g/mol. The van der Waals surface area contributed by atoms with Crippen LogP contribution in [-0.2, 0) is 0 Å². The summed E-state index contributed by atoms with van der Waals surface area (Å²) in [5, 5.41) is 7.97. The number of aryl methyl sites for hydroxylation is 1. The number of anilines is 1. The van der Waals surface area contributed by atoms with Crippen LogP contribution in [0, 0.1) is 6.92 Å². The van der Waals surface area contributed by atoms with E-state index in [2.05, 4.69) is 59.4 Å². The number of fused-ring (bicyclic) bond motifs is 1. The molecule has 0 spiro atoms. The minimum Gasteiger partial charge on any atom is -0.497 e. The molecule has 1 aromatic heterocycles. The van der Waals surface area contributed by atoms with Crippen LogP contribution in [0.5, 0.6) is 5.75 Å². The quantitative estimate of drug-likeness (QED) is 0.664. The molecule has 0 saturated heterocycles. The van der Waals surface area contributed by atoms with Gasteiger partial charge >= 0.3 is 0 Å². The maximum absolute atomic E-state index is 5.25. The molecule has 120 valence electrons. The van der Waals surface area contributed by atoms with E-state index >= 15 is 0 Å². The van der Waals surface area contributed by atoms with Gasteiger partial charge < -0.3 is 10.1 Å². The molecule has 2 nitrogen and oxygen atoms in total. The predicted octanol–water partition coefficient (Wildman–Crippen LogP) is 5.70. The Balaban J connectivity index is 1.79. The fourth-order valence-electron chi connectivity index (χ4n) is 3.16. The lowest BCUT2D eigenvalue weighted by Crippen LogP contribution is -2.12. The number of thiophene rings is 1. The van der Waals surface area contributed by atoms with E-state index in [0.717, 1.165) is 12.3 Å². The first-order chi connectivity index (χ1) is 11.8. The second-order valence-corrected chi connectivity index (χ2v) is 6.76. The van der Waals surface area contributed by atoms with Gasteiger partial charge in [0.2, 0.25) is 0 Å². The van der Waals surface area contributed by atoms with Crippen LogP contribution in [0.2, 0.25) is 0 Å². The van der Waals surface area contributed by atoms with Crippen molar-refractivity contribution in [2.45, 2.75) is 6.92 Å². The SMILES string of the molecule is COc1ccc(C2=Cc3c(C)ccc(-c4ccsc4)c3NC2)cc1. The first kappa shape index (κ1) is 15.0. The highest BCUT2D eigenvalue weighted by molar-refractivity contribution is 7.08. The summed E-state index contributed by atoms with van der Waals surface area (Å²) in [5.41, 5.74) is 8.92. The summed E-state index contributed by atoms with van der Waals surface area (Å²) < 4.78 is 5.25. The van der Waals surface area contributed by atoms with Crippen LogP contribution in [0.1, 0.15) is 16.7 Å². The summed E-state index contributed by atoms with van der Waals surface area (Å²) >= 11 is 1.74. The Hall–Kier alpha value is -2.52. The number of rotatable bonds is 3. The van der Waals surface area contributed by atoms with E-state index in [-0.39, 0.29) is 0 Å². The minimum atomic E-state index is 0.833. The van der Waals surface area contributed by atoms with E-state index in [0.29, 0.717) is 0 Å². The van der Waals surface area contributed by atoms with E-state index in [1.807, 2.05) is 12.1 Å². The standard InChI is InChI=1S/C21H19NOS/c1-14-3-8-19(16-9-10-24-13-16)21-20(14)11-17(12-22-21)15-4-6-18(23-2)7-5-15/h3-11,13,22H,12H2,1-2H3. The molecule has 0 fully saturated rings. The van der Waals surface area contributed by atoms with E-state index in [4.69, 9.17) is 4.74 Å². The Labute approximate surface area is 146 Å². The lowest BCUT2D eigenvalue weighted by Gasteiger charge is -2.23. The molecule has 0 radical (unpaired) electrons. The van der Waals surface area contributed by atoms with Crippen molar-refractivity contribution in [2.75, 3.05) is 19.0 Å². The zero-order valence-electron chi connectivity index (χ0n) is 13.8. The van der Waals surface area contributed by atoms with Crippen LogP contribution < -0.4 is 10.1 Å². The molecule has 3 aromatic rings. The van der Waals surface area contributed by atoms with Crippen molar-refractivity contribution < 1.29 is 4.74 Å². The van der Waals surface area contributed by atoms with Gasteiger partial charge in [-0.1, -0.05) is 24.3 Å². The fraction of sp³-hybridized carbons (Fsp3) is 0.143. The van der Waals surface area contributed by atoms with Gasteiger partial charge in [-0.25, -0.2) is 0 Å². The number of benzene rings is 2. The van der Waals surface area contributed by atoms with Gasteiger partial charge in [-0.2, -0.15) is 11.3 Å². The van der Waals surface area contributed by atoms with E-state index in [9.17, 15) is 0 Å². The normalized spacial score (nSPS) is 13.0. The highest BCUT2D eigenvalue weighted by Gasteiger charge is 2.17. The van der Waals surface area contributed by atoms with Gasteiger partial charge in [-0.05, 0) is 64.2 Å². The summed E-state index contributed by atoms with van der Waals surface area (Å²) in [7, 11) is 1.70. The van der Waals surface area contributed by atoms with Crippen molar-refractivity contribution in [1.82, 2.24) is 0 Å². The molecular weight excluding hydrogens is 314 g/mol. The summed E-state index contributed by atoms with van der Waals surface area (Å²) in [6.45, 7) is 3.01. The zero-order valence-corrected chi connectivity index (χ0v) is 14.6. The molecule has 24 heavy (non-hydrogen) atoms. The molecule has 2 heterocycles. The maximum Gasteiger partial charge on any atom is 0.118 e. The fourth-order valence-corrected chi connectivity index (χ4v) is 3.81. The molecule has 0 saturated carbocycles. The molecular formula is C21H19NOS. The van der Waals surface area contributed by atoms with Crippen molar-refractivity contribution in [2.24, 2.45) is 0 Å². The van der Waals surface area contributed by atoms with Crippen molar-refractivity contribution in [3.63, 3.8) is 0 Å². The second-order valence-electron chi connectivity index (χ2n) is 5.98. The Morgan fingerprint density at radius 3 is 2.54 bits per heavy atom. The lowest BCUT2D eigenvalue weighted by molar-refractivity contribution is 0.415.